The Bertz CT molecular complexity index is 2740. The zero-order valence-corrected chi connectivity index (χ0v) is 28.6. The number of anilines is 3. The maximum absolute atomic E-state index is 7.04. The van der Waals surface area contributed by atoms with E-state index in [-0.39, 0.29) is 5.41 Å². The van der Waals surface area contributed by atoms with Gasteiger partial charge in [-0.3, -0.25) is 0 Å². The third kappa shape index (κ3) is 4.50. The summed E-state index contributed by atoms with van der Waals surface area (Å²) >= 11 is 0. The van der Waals surface area contributed by atoms with E-state index in [2.05, 4.69) is 195 Å². The average Bonchev–Trinajstić information content (AvgIpc) is 3.69. The molecule has 0 atom stereocenters. The summed E-state index contributed by atoms with van der Waals surface area (Å²) in [5, 5.41) is 4.83. The fourth-order valence-corrected chi connectivity index (χ4v) is 8.49. The quantitative estimate of drug-likeness (QED) is 0.184. The summed E-state index contributed by atoms with van der Waals surface area (Å²) in [5.41, 5.74) is 14.8. The van der Waals surface area contributed by atoms with Crippen LogP contribution in [0.1, 0.15) is 25.0 Å². The van der Waals surface area contributed by atoms with E-state index in [9.17, 15) is 0 Å². The van der Waals surface area contributed by atoms with Crippen LogP contribution in [0.4, 0.5) is 17.1 Å². The molecule has 0 aliphatic heterocycles. The molecule has 242 valence electrons. The number of furan rings is 1. The zero-order valence-electron chi connectivity index (χ0n) is 28.6. The third-order valence-corrected chi connectivity index (χ3v) is 10.8. The highest BCUT2D eigenvalue weighted by atomic mass is 16.3. The van der Waals surface area contributed by atoms with Gasteiger partial charge in [-0.1, -0.05) is 147 Å². The van der Waals surface area contributed by atoms with Crippen LogP contribution in [0.2, 0.25) is 0 Å². The summed E-state index contributed by atoms with van der Waals surface area (Å²) in [7, 11) is 0. The van der Waals surface area contributed by atoms with E-state index in [1.807, 2.05) is 0 Å². The molecule has 2 nitrogen and oxygen atoms in total. The zero-order chi connectivity index (χ0) is 34.1. The Hall–Kier alpha value is -6.38. The topological polar surface area (TPSA) is 16.4 Å². The lowest BCUT2D eigenvalue weighted by Crippen LogP contribution is -2.16. The predicted molar refractivity (Wildman–Crippen MR) is 214 cm³/mol. The van der Waals surface area contributed by atoms with E-state index >= 15 is 0 Å². The SMILES string of the molecule is CC1(C)c2cccc(N(c3ccccc3)c3ccc(-c4ccccc4)cc3)c2-c2c1c1ccccc1c1c2oc2ccc(-c3ccccc3)cc21. The highest BCUT2D eigenvalue weighted by Crippen LogP contribution is 2.59. The molecule has 0 saturated heterocycles. The average molecular weight is 654 g/mol. The number of para-hydroxylation sites is 1. The molecule has 0 fully saturated rings. The van der Waals surface area contributed by atoms with Gasteiger partial charge in [-0.05, 0) is 86.6 Å². The summed E-state index contributed by atoms with van der Waals surface area (Å²) in [6, 6.07) is 63.3. The van der Waals surface area contributed by atoms with E-state index in [0.717, 1.165) is 33.6 Å². The summed E-state index contributed by atoms with van der Waals surface area (Å²) in [6.45, 7) is 4.74. The van der Waals surface area contributed by atoms with Crippen LogP contribution >= 0.6 is 0 Å². The molecule has 1 aliphatic rings. The summed E-state index contributed by atoms with van der Waals surface area (Å²) in [6.07, 6.45) is 0. The minimum absolute atomic E-state index is 0.262. The van der Waals surface area contributed by atoms with Crippen LogP contribution < -0.4 is 4.90 Å². The van der Waals surface area contributed by atoms with Gasteiger partial charge in [0.1, 0.15) is 11.2 Å². The monoisotopic (exact) mass is 653 g/mol. The van der Waals surface area contributed by atoms with Crippen LogP contribution in [0, 0.1) is 0 Å². The minimum atomic E-state index is -0.262. The largest absolute Gasteiger partial charge is 0.455 e. The van der Waals surface area contributed by atoms with Crippen LogP contribution in [0.15, 0.2) is 180 Å². The molecule has 8 aromatic carbocycles. The van der Waals surface area contributed by atoms with Gasteiger partial charge in [0.05, 0.1) is 5.69 Å². The second-order valence-corrected chi connectivity index (χ2v) is 14.1. The van der Waals surface area contributed by atoms with Gasteiger partial charge >= 0.3 is 0 Å². The maximum Gasteiger partial charge on any atom is 0.144 e. The van der Waals surface area contributed by atoms with Crippen molar-refractivity contribution in [1.29, 1.82) is 0 Å². The molecule has 2 heteroatoms. The molecule has 1 aromatic heterocycles. The number of nitrogens with zero attached hydrogens (tertiary/aromatic N) is 1. The van der Waals surface area contributed by atoms with E-state index in [1.165, 1.54) is 60.7 Å². The molecule has 0 N–H and O–H groups in total. The first-order chi connectivity index (χ1) is 25.1. The van der Waals surface area contributed by atoms with Crippen molar-refractivity contribution in [2.75, 3.05) is 4.90 Å². The van der Waals surface area contributed by atoms with Crippen LogP contribution in [-0.4, -0.2) is 0 Å². The lowest BCUT2D eigenvalue weighted by Gasteiger charge is -2.29. The fourth-order valence-electron chi connectivity index (χ4n) is 8.49. The van der Waals surface area contributed by atoms with Gasteiger partial charge in [0.25, 0.3) is 0 Å². The molecular weight excluding hydrogens is 619 g/mol. The standard InChI is InChI=1S/C49H35NO/c1-49(2)41-23-14-24-42(50(36-19-10-5-11-20-36)37-28-25-34(26-29-37)32-15-6-3-7-16-32)45(41)46-47(49)39-22-13-12-21-38(39)44-40-31-35(33-17-8-4-9-18-33)27-30-43(40)51-48(44)46/h3-31H,1-2H3. The second-order valence-electron chi connectivity index (χ2n) is 14.1. The highest BCUT2D eigenvalue weighted by molar-refractivity contribution is 6.26. The molecule has 0 bridgehead atoms. The number of fused-ring (bicyclic) bond motifs is 10. The molecule has 0 amide bonds. The number of rotatable bonds is 5. The lowest BCUT2D eigenvalue weighted by molar-refractivity contribution is 0.658. The predicted octanol–water partition coefficient (Wildman–Crippen LogP) is 13.8. The molecule has 0 spiro atoms. The third-order valence-electron chi connectivity index (χ3n) is 10.8. The molecule has 0 unspecified atom stereocenters. The molecule has 10 rings (SSSR count). The summed E-state index contributed by atoms with van der Waals surface area (Å²) < 4.78 is 7.04. The Morgan fingerprint density at radius 3 is 1.73 bits per heavy atom. The Morgan fingerprint density at radius 2 is 1.02 bits per heavy atom. The molecule has 1 aliphatic carbocycles. The normalized spacial score (nSPS) is 13.1. The maximum atomic E-state index is 7.04. The van der Waals surface area contributed by atoms with Gasteiger partial charge in [-0.2, -0.15) is 0 Å². The van der Waals surface area contributed by atoms with Crippen molar-refractivity contribution < 1.29 is 4.42 Å². The van der Waals surface area contributed by atoms with Crippen molar-refractivity contribution in [1.82, 2.24) is 0 Å². The number of benzene rings is 8. The molecule has 0 saturated carbocycles. The molecule has 9 aromatic rings. The van der Waals surface area contributed by atoms with Crippen molar-refractivity contribution >= 4 is 49.8 Å². The molecule has 1 heterocycles. The van der Waals surface area contributed by atoms with Gasteiger partial charge in [0.2, 0.25) is 0 Å². The summed E-state index contributed by atoms with van der Waals surface area (Å²) in [5.74, 6) is 0. The summed E-state index contributed by atoms with van der Waals surface area (Å²) in [4.78, 5) is 2.41. The van der Waals surface area contributed by atoms with E-state index < -0.39 is 0 Å². The smallest absolute Gasteiger partial charge is 0.144 e. The van der Waals surface area contributed by atoms with Gasteiger partial charge < -0.3 is 9.32 Å². The van der Waals surface area contributed by atoms with Crippen molar-refractivity contribution in [3.8, 4) is 33.4 Å². The lowest BCUT2D eigenvalue weighted by atomic mass is 9.79. The minimum Gasteiger partial charge on any atom is -0.455 e. The van der Waals surface area contributed by atoms with Gasteiger partial charge in [-0.15, -0.1) is 0 Å². The van der Waals surface area contributed by atoms with Crippen molar-refractivity contribution in [3.05, 3.63) is 187 Å². The van der Waals surface area contributed by atoms with Crippen molar-refractivity contribution in [2.24, 2.45) is 0 Å². The fraction of sp³-hybridized carbons (Fsp3) is 0.0612. The van der Waals surface area contributed by atoms with E-state index in [1.54, 1.807) is 0 Å². The molecule has 0 radical (unpaired) electrons. The first kappa shape index (κ1) is 29.5. The van der Waals surface area contributed by atoms with Gasteiger partial charge in [0.15, 0.2) is 0 Å². The number of hydrogen-bond acceptors (Lipinski definition) is 2. The number of hydrogen-bond donors (Lipinski definition) is 0. The molecular formula is C49H35NO. The van der Waals surface area contributed by atoms with Crippen molar-refractivity contribution in [3.63, 3.8) is 0 Å². The van der Waals surface area contributed by atoms with Crippen LogP contribution in [0.25, 0.3) is 66.1 Å². The van der Waals surface area contributed by atoms with Crippen LogP contribution in [-0.2, 0) is 5.41 Å². The highest BCUT2D eigenvalue weighted by Gasteiger charge is 2.42. The van der Waals surface area contributed by atoms with Gasteiger partial charge in [-0.25, -0.2) is 0 Å². The van der Waals surface area contributed by atoms with Crippen LogP contribution in [0.5, 0.6) is 0 Å². The van der Waals surface area contributed by atoms with Crippen LogP contribution in [0.3, 0.4) is 0 Å². The molecule has 51 heavy (non-hydrogen) atoms. The van der Waals surface area contributed by atoms with Crippen molar-refractivity contribution in [2.45, 2.75) is 19.3 Å². The van der Waals surface area contributed by atoms with Gasteiger partial charge in [0, 0.05) is 38.7 Å². The Kier molecular flexibility index (Phi) is 6.56. The first-order valence-corrected chi connectivity index (χ1v) is 17.7. The Balaban J connectivity index is 1.27. The second kappa shape index (κ2) is 11.3. The van der Waals surface area contributed by atoms with E-state index in [0.29, 0.717) is 0 Å². The Labute approximate surface area is 297 Å². The Morgan fingerprint density at radius 1 is 0.451 bits per heavy atom. The first-order valence-electron chi connectivity index (χ1n) is 17.7. The van der Waals surface area contributed by atoms with E-state index in [4.69, 9.17) is 4.42 Å².